The average Bonchev–Trinajstić information content (AvgIpc) is 2.25. The molecule has 0 spiro atoms. The van der Waals surface area contributed by atoms with Crippen LogP contribution in [0.2, 0.25) is 0 Å². The number of benzene rings is 1. The van der Waals surface area contributed by atoms with Gasteiger partial charge in [-0.25, -0.2) is 14.8 Å². The number of carboxylic acids is 1. The summed E-state index contributed by atoms with van der Waals surface area (Å²) in [6, 6.07) is 2.75. The maximum Gasteiger partial charge on any atom is 0.416 e. The highest BCUT2D eigenvalue weighted by Crippen LogP contribution is 2.31. The normalized spacial score (nSPS) is 11.8. The first-order chi connectivity index (χ1) is 8.29. The molecular formula is C11H7F3N2O2. The number of rotatable bonds is 1. The molecule has 94 valence electrons. The van der Waals surface area contributed by atoms with Crippen LogP contribution in [0.1, 0.15) is 21.9 Å². The fourth-order valence-corrected chi connectivity index (χ4v) is 1.58. The zero-order valence-electron chi connectivity index (χ0n) is 9.12. The Labute approximate surface area is 99.1 Å². The lowest BCUT2D eigenvalue weighted by Gasteiger charge is -2.09. The first-order valence-electron chi connectivity index (χ1n) is 4.88. The zero-order valence-corrected chi connectivity index (χ0v) is 9.12. The number of carbonyl (C=O) groups is 1. The second kappa shape index (κ2) is 3.94. The van der Waals surface area contributed by atoms with E-state index in [1.165, 1.54) is 6.92 Å². The summed E-state index contributed by atoms with van der Waals surface area (Å²) in [5.41, 5.74) is -1.18. The highest BCUT2D eigenvalue weighted by atomic mass is 19.4. The minimum Gasteiger partial charge on any atom is -0.476 e. The van der Waals surface area contributed by atoms with Gasteiger partial charge in [0.2, 0.25) is 0 Å². The predicted molar refractivity (Wildman–Crippen MR) is 56.2 cm³/mol. The summed E-state index contributed by atoms with van der Waals surface area (Å²) >= 11 is 0. The van der Waals surface area contributed by atoms with Crippen molar-refractivity contribution in [3.05, 3.63) is 35.3 Å². The van der Waals surface area contributed by atoms with Crippen molar-refractivity contribution < 1.29 is 23.1 Å². The lowest BCUT2D eigenvalue weighted by Crippen LogP contribution is -2.08. The summed E-state index contributed by atoms with van der Waals surface area (Å²) in [6.07, 6.45) is -4.53. The molecule has 2 aromatic rings. The van der Waals surface area contributed by atoms with Gasteiger partial charge in [-0.3, -0.25) is 0 Å². The number of fused-ring (bicyclic) bond motifs is 1. The van der Waals surface area contributed by atoms with Gasteiger partial charge in [0, 0.05) is 5.39 Å². The number of carboxylic acid groups (broad SMARTS) is 1. The Morgan fingerprint density at radius 2 is 1.94 bits per heavy atom. The second-order valence-electron chi connectivity index (χ2n) is 3.65. The number of alkyl halides is 3. The lowest BCUT2D eigenvalue weighted by molar-refractivity contribution is -0.137. The monoisotopic (exact) mass is 256 g/mol. The molecule has 0 aliphatic rings. The van der Waals surface area contributed by atoms with Gasteiger partial charge in [0.1, 0.15) is 5.82 Å². The van der Waals surface area contributed by atoms with E-state index in [9.17, 15) is 18.0 Å². The molecular weight excluding hydrogens is 249 g/mol. The molecule has 2 rings (SSSR count). The fraction of sp³-hybridized carbons (Fsp3) is 0.182. The highest BCUT2D eigenvalue weighted by molar-refractivity contribution is 6.00. The number of halogens is 3. The first kappa shape index (κ1) is 12.3. The van der Waals surface area contributed by atoms with E-state index < -0.39 is 23.4 Å². The Kier molecular flexibility index (Phi) is 2.68. The van der Waals surface area contributed by atoms with E-state index in [4.69, 9.17) is 5.11 Å². The Morgan fingerprint density at radius 1 is 1.28 bits per heavy atom. The number of hydrogen-bond donors (Lipinski definition) is 1. The summed E-state index contributed by atoms with van der Waals surface area (Å²) < 4.78 is 37.6. The molecule has 0 atom stereocenters. The molecule has 1 aromatic heterocycles. The smallest absolute Gasteiger partial charge is 0.416 e. The minimum absolute atomic E-state index is 0.122. The topological polar surface area (TPSA) is 63.1 Å². The number of aromatic carboxylic acids is 1. The molecule has 0 unspecified atom stereocenters. The summed E-state index contributed by atoms with van der Waals surface area (Å²) in [7, 11) is 0. The van der Waals surface area contributed by atoms with Crippen LogP contribution in [0, 0.1) is 6.92 Å². The molecule has 1 aromatic carbocycles. The van der Waals surface area contributed by atoms with Gasteiger partial charge in [0.05, 0.1) is 11.1 Å². The molecule has 0 aliphatic heterocycles. The van der Waals surface area contributed by atoms with Crippen LogP contribution < -0.4 is 0 Å². The van der Waals surface area contributed by atoms with Crippen molar-refractivity contribution in [3.63, 3.8) is 0 Å². The summed E-state index contributed by atoms with van der Waals surface area (Å²) in [5, 5.41) is 8.81. The van der Waals surface area contributed by atoms with Gasteiger partial charge in [0.25, 0.3) is 0 Å². The van der Waals surface area contributed by atoms with E-state index in [1.54, 1.807) is 0 Å². The molecule has 7 heteroatoms. The summed E-state index contributed by atoms with van der Waals surface area (Å²) in [5.74, 6) is -1.19. The van der Waals surface area contributed by atoms with E-state index in [-0.39, 0.29) is 16.7 Å². The summed E-state index contributed by atoms with van der Waals surface area (Å²) in [6.45, 7) is 1.48. The summed E-state index contributed by atoms with van der Waals surface area (Å²) in [4.78, 5) is 18.5. The van der Waals surface area contributed by atoms with Crippen LogP contribution in [0.4, 0.5) is 13.2 Å². The Bertz CT molecular complexity index is 638. The van der Waals surface area contributed by atoms with Crippen molar-refractivity contribution in [2.24, 2.45) is 0 Å². The van der Waals surface area contributed by atoms with Crippen molar-refractivity contribution in [3.8, 4) is 0 Å². The van der Waals surface area contributed by atoms with Crippen LogP contribution >= 0.6 is 0 Å². The maximum absolute atomic E-state index is 12.5. The van der Waals surface area contributed by atoms with Crippen molar-refractivity contribution >= 4 is 16.9 Å². The lowest BCUT2D eigenvalue weighted by atomic mass is 10.1. The van der Waals surface area contributed by atoms with Crippen LogP contribution in [0.15, 0.2) is 18.2 Å². The molecule has 1 heterocycles. The van der Waals surface area contributed by atoms with Crippen LogP contribution in [0.5, 0.6) is 0 Å². The SMILES string of the molecule is Cc1nc(C(=O)O)c2cc(C(F)(F)F)ccc2n1. The largest absolute Gasteiger partial charge is 0.476 e. The van der Waals surface area contributed by atoms with Crippen LogP contribution in [0.3, 0.4) is 0 Å². The molecule has 0 saturated carbocycles. The molecule has 0 bridgehead atoms. The van der Waals surface area contributed by atoms with E-state index in [0.717, 1.165) is 18.2 Å². The van der Waals surface area contributed by atoms with Crippen molar-refractivity contribution in [1.29, 1.82) is 0 Å². The Morgan fingerprint density at radius 3 is 2.50 bits per heavy atom. The third kappa shape index (κ3) is 2.11. The Hall–Kier alpha value is -2.18. The van der Waals surface area contributed by atoms with Crippen LogP contribution in [-0.4, -0.2) is 21.0 Å². The number of aromatic nitrogens is 2. The molecule has 1 N–H and O–H groups in total. The van der Waals surface area contributed by atoms with Crippen molar-refractivity contribution in [1.82, 2.24) is 9.97 Å². The van der Waals surface area contributed by atoms with Gasteiger partial charge < -0.3 is 5.11 Å². The first-order valence-corrected chi connectivity index (χ1v) is 4.88. The van der Waals surface area contributed by atoms with Crippen LogP contribution in [0.25, 0.3) is 10.9 Å². The van der Waals surface area contributed by atoms with Crippen molar-refractivity contribution in [2.45, 2.75) is 13.1 Å². The van der Waals surface area contributed by atoms with Crippen molar-refractivity contribution in [2.75, 3.05) is 0 Å². The van der Waals surface area contributed by atoms with E-state index in [2.05, 4.69) is 9.97 Å². The van der Waals surface area contributed by atoms with Gasteiger partial charge in [0.15, 0.2) is 5.69 Å². The third-order valence-corrected chi connectivity index (χ3v) is 2.34. The van der Waals surface area contributed by atoms with E-state index >= 15 is 0 Å². The van der Waals surface area contributed by atoms with Gasteiger partial charge in [-0.2, -0.15) is 13.2 Å². The molecule has 0 radical (unpaired) electrons. The van der Waals surface area contributed by atoms with Gasteiger partial charge in [-0.15, -0.1) is 0 Å². The van der Waals surface area contributed by atoms with Gasteiger partial charge in [-0.1, -0.05) is 0 Å². The molecule has 0 fully saturated rings. The predicted octanol–water partition coefficient (Wildman–Crippen LogP) is 2.66. The Balaban J connectivity index is 2.79. The zero-order chi connectivity index (χ0) is 13.5. The highest BCUT2D eigenvalue weighted by Gasteiger charge is 2.31. The van der Waals surface area contributed by atoms with E-state index in [1.807, 2.05) is 0 Å². The van der Waals surface area contributed by atoms with Gasteiger partial charge >= 0.3 is 12.1 Å². The number of aryl methyl sites for hydroxylation is 1. The van der Waals surface area contributed by atoms with Crippen LogP contribution in [-0.2, 0) is 6.18 Å². The second-order valence-corrected chi connectivity index (χ2v) is 3.65. The average molecular weight is 256 g/mol. The standard InChI is InChI=1S/C11H7F3N2O2/c1-5-15-8-3-2-6(11(12,13)14)4-7(8)9(16-5)10(17)18/h2-4H,1H3,(H,17,18). The number of nitrogens with zero attached hydrogens (tertiary/aromatic N) is 2. The molecule has 0 aliphatic carbocycles. The maximum atomic E-state index is 12.5. The number of hydrogen-bond acceptors (Lipinski definition) is 3. The molecule has 4 nitrogen and oxygen atoms in total. The molecule has 18 heavy (non-hydrogen) atoms. The molecule has 0 amide bonds. The third-order valence-electron chi connectivity index (χ3n) is 2.34. The van der Waals surface area contributed by atoms with Gasteiger partial charge in [-0.05, 0) is 25.1 Å². The fourth-order valence-electron chi connectivity index (χ4n) is 1.58. The van der Waals surface area contributed by atoms with E-state index in [0.29, 0.717) is 0 Å². The minimum atomic E-state index is -4.53. The quantitative estimate of drug-likeness (QED) is 0.851. The molecule has 0 saturated heterocycles.